The third-order valence-electron chi connectivity index (χ3n) is 4.34. The summed E-state index contributed by atoms with van der Waals surface area (Å²) in [6.45, 7) is 4.38. The number of hydrogen-bond donors (Lipinski definition) is 1. The van der Waals surface area contributed by atoms with E-state index in [-0.39, 0.29) is 5.91 Å². The molecule has 0 fully saturated rings. The smallest absolute Gasteiger partial charge is 0.260 e. The molecule has 1 heterocycles. The summed E-state index contributed by atoms with van der Waals surface area (Å²) >= 11 is 7.51. The first kappa shape index (κ1) is 20.4. The van der Waals surface area contributed by atoms with E-state index in [0.717, 1.165) is 22.7 Å². The Kier molecular flexibility index (Phi) is 7.06. The van der Waals surface area contributed by atoms with E-state index in [1.165, 1.54) is 5.56 Å². The van der Waals surface area contributed by atoms with Gasteiger partial charge in [-0.15, -0.1) is 11.3 Å². The minimum Gasteiger partial charge on any atom is -0.481 e. The van der Waals surface area contributed by atoms with E-state index in [1.807, 2.05) is 53.9 Å². The Morgan fingerprint density at radius 2 is 1.89 bits per heavy atom. The first-order chi connectivity index (χ1) is 13.5. The SMILES string of the molecule is CCc1ccc(O[C@H](C)C(=O)NCCc2csc(-c3ccc(Cl)cc3)n2)cc1. The van der Waals surface area contributed by atoms with E-state index < -0.39 is 6.10 Å². The fourth-order valence-corrected chi connectivity index (χ4v) is 3.65. The van der Waals surface area contributed by atoms with E-state index in [0.29, 0.717) is 23.7 Å². The number of hydrogen-bond acceptors (Lipinski definition) is 4. The molecule has 0 radical (unpaired) electrons. The molecule has 0 saturated carbocycles. The van der Waals surface area contributed by atoms with Crippen molar-refractivity contribution in [3.8, 4) is 16.3 Å². The maximum absolute atomic E-state index is 12.3. The van der Waals surface area contributed by atoms with Crippen molar-refractivity contribution in [1.29, 1.82) is 0 Å². The second-order valence-electron chi connectivity index (χ2n) is 6.45. The molecule has 0 aliphatic heterocycles. The van der Waals surface area contributed by atoms with Gasteiger partial charge in [0.15, 0.2) is 6.10 Å². The van der Waals surface area contributed by atoms with Crippen molar-refractivity contribution < 1.29 is 9.53 Å². The highest BCUT2D eigenvalue weighted by molar-refractivity contribution is 7.13. The first-order valence-corrected chi connectivity index (χ1v) is 10.5. The molecule has 1 amide bonds. The molecule has 2 aromatic carbocycles. The number of carbonyl (C=O) groups is 1. The van der Waals surface area contributed by atoms with Gasteiger partial charge in [0.25, 0.3) is 5.91 Å². The van der Waals surface area contributed by atoms with Crippen LogP contribution in [0.15, 0.2) is 53.9 Å². The standard InChI is InChI=1S/C22H23ClN2O2S/c1-3-16-4-10-20(11-5-16)27-15(2)21(26)24-13-12-19-14-28-22(25-19)17-6-8-18(23)9-7-17/h4-11,14-15H,3,12-13H2,1-2H3,(H,24,26)/t15-/m1/s1. The predicted molar refractivity (Wildman–Crippen MR) is 115 cm³/mol. The van der Waals surface area contributed by atoms with E-state index in [1.54, 1.807) is 18.3 Å². The van der Waals surface area contributed by atoms with Crippen LogP contribution in [0.25, 0.3) is 10.6 Å². The summed E-state index contributed by atoms with van der Waals surface area (Å²) in [5.74, 6) is 0.569. The second kappa shape index (κ2) is 9.71. The van der Waals surface area contributed by atoms with Crippen molar-refractivity contribution in [1.82, 2.24) is 10.3 Å². The zero-order valence-electron chi connectivity index (χ0n) is 15.9. The van der Waals surface area contributed by atoms with Gasteiger partial charge in [0.2, 0.25) is 0 Å². The van der Waals surface area contributed by atoms with Crippen LogP contribution in [0.3, 0.4) is 0 Å². The minimum atomic E-state index is -0.549. The van der Waals surface area contributed by atoms with E-state index in [4.69, 9.17) is 16.3 Å². The van der Waals surface area contributed by atoms with E-state index in [2.05, 4.69) is 17.2 Å². The first-order valence-electron chi connectivity index (χ1n) is 9.29. The number of benzene rings is 2. The number of aromatic nitrogens is 1. The predicted octanol–water partition coefficient (Wildman–Crippen LogP) is 5.15. The lowest BCUT2D eigenvalue weighted by Crippen LogP contribution is -2.37. The van der Waals surface area contributed by atoms with E-state index in [9.17, 15) is 4.79 Å². The van der Waals surface area contributed by atoms with Crippen LogP contribution in [0.2, 0.25) is 5.02 Å². The molecule has 6 heteroatoms. The molecule has 0 saturated heterocycles. The van der Waals surface area contributed by atoms with Crippen LogP contribution < -0.4 is 10.1 Å². The van der Waals surface area contributed by atoms with Crippen LogP contribution >= 0.6 is 22.9 Å². The summed E-state index contributed by atoms with van der Waals surface area (Å²) in [4.78, 5) is 16.9. The van der Waals surface area contributed by atoms with Crippen LogP contribution in [-0.4, -0.2) is 23.5 Å². The largest absolute Gasteiger partial charge is 0.481 e. The molecular weight excluding hydrogens is 392 g/mol. The summed E-state index contributed by atoms with van der Waals surface area (Å²) in [5.41, 5.74) is 3.24. The Morgan fingerprint density at radius 1 is 1.18 bits per heavy atom. The topological polar surface area (TPSA) is 51.2 Å². The average molecular weight is 415 g/mol. The molecule has 0 aliphatic rings. The highest BCUT2D eigenvalue weighted by Crippen LogP contribution is 2.25. The summed E-state index contributed by atoms with van der Waals surface area (Å²) in [6.07, 6.45) is 1.10. The molecule has 28 heavy (non-hydrogen) atoms. The second-order valence-corrected chi connectivity index (χ2v) is 7.74. The van der Waals surface area contributed by atoms with Gasteiger partial charge in [0, 0.05) is 28.9 Å². The number of ether oxygens (including phenoxy) is 1. The molecular formula is C22H23ClN2O2S. The quantitative estimate of drug-likeness (QED) is 0.554. The van der Waals surface area contributed by atoms with Crippen LogP contribution in [-0.2, 0) is 17.6 Å². The molecule has 1 atom stereocenters. The van der Waals surface area contributed by atoms with Crippen LogP contribution in [0, 0.1) is 0 Å². The molecule has 0 unspecified atom stereocenters. The Bertz CT molecular complexity index is 907. The molecule has 0 spiro atoms. The number of rotatable bonds is 8. The van der Waals surface area contributed by atoms with Crippen LogP contribution in [0.5, 0.6) is 5.75 Å². The maximum atomic E-state index is 12.3. The fraction of sp³-hybridized carbons (Fsp3) is 0.273. The lowest BCUT2D eigenvalue weighted by Gasteiger charge is -2.14. The highest BCUT2D eigenvalue weighted by atomic mass is 35.5. The number of aryl methyl sites for hydroxylation is 1. The zero-order chi connectivity index (χ0) is 19.9. The number of amides is 1. The maximum Gasteiger partial charge on any atom is 0.260 e. The Balaban J connectivity index is 1.46. The summed E-state index contributed by atoms with van der Waals surface area (Å²) in [6, 6.07) is 15.5. The number of thiazole rings is 1. The summed E-state index contributed by atoms with van der Waals surface area (Å²) in [5, 5.41) is 6.59. The Hall–Kier alpha value is -2.37. The van der Waals surface area contributed by atoms with Gasteiger partial charge in [-0.25, -0.2) is 4.98 Å². The average Bonchev–Trinajstić information content (AvgIpc) is 3.18. The third-order valence-corrected chi connectivity index (χ3v) is 5.53. The lowest BCUT2D eigenvalue weighted by molar-refractivity contribution is -0.127. The highest BCUT2D eigenvalue weighted by Gasteiger charge is 2.14. The normalized spacial score (nSPS) is 11.8. The van der Waals surface area contributed by atoms with Crippen molar-refractivity contribution in [2.45, 2.75) is 32.8 Å². The van der Waals surface area contributed by atoms with Crippen LogP contribution in [0.4, 0.5) is 0 Å². The fourth-order valence-electron chi connectivity index (χ4n) is 2.67. The minimum absolute atomic E-state index is 0.132. The zero-order valence-corrected chi connectivity index (χ0v) is 17.5. The van der Waals surface area contributed by atoms with E-state index >= 15 is 0 Å². The number of nitrogens with one attached hydrogen (secondary N) is 1. The number of carbonyl (C=O) groups excluding carboxylic acids is 1. The molecule has 3 aromatic rings. The molecule has 4 nitrogen and oxygen atoms in total. The van der Waals surface area contributed by atoms with Crippen molar-refractivity contribution >= 4 is 28.8 Å². The molecule has 3 rings (SSSR count). The van der Waals surface area contributed by atoms with Crippen molar-refractivity contribution in [3.63, 3.8) is 0 Å². The summed E-state index contributed by atoms with van der Waals surface area (Å²) < 4.78 is 5.71. The van der Waals surface area contributed by atoms with Gasteiger partial charge >= 0.3 is 0 Å². The van der Waals surface area contributed by atoms with Gasteiger partial charge in [0.05, 0.1) is 5.69 Å². The third kappa shape index (κ3) is 5.57. The monoisotopic (exact) mass is 414 g/mol. The van der Waals surface area contributed by atoms with Gasteiger partial charge in [-0.2, -0.15) is 0 Å². The van der Waals surface area contributed by atoms with Crippen molar-refractivity contribution in [2.75, 3.05) is 6.54 Å². The van der Waals surface area contributed by atoms with Gasteiger partial charge in [-0.05, 0) is 43.2 Å². The van der Waals surface area contributed by atoms with Gasteiger partial charge in [-0.1, -0.05) is 42.8 Å². The Morgan fingerprint density at radius 3 is 2.57 bits per heavy atom. The molecule has 1 aromatic heterocycles. The molecule has 0 aliphatic carbocycles. The van der Waals surface area contributed by atoms with Gasteiger partial charge in [0.1, 0.15) is 10.8 Å². The van der Waals surface area contributed by atoms with Crippen molar-refractivity contribution in [2.24, 2.45) is 0 Å². The Labute approximate surface area is 174 Å². The molecule has 0 bridgehead atoms. The molecule has 1 N–H and O–H groups in total. The molecule has 146 valence electrons. The van der Waals surface area contributed by atoms with Crippen molar-refractivity contribution in [3.05, 3.63) is 70.2 Å². The number of nitrogens with zero attached hydrogens (tertiary/aromatic N) is 1. The van der Waals surface area contributed by atoms with Crippen LogP contribution in [0.1, 0.15) is 25.1 Å². The van der Waals surface area contributed by atoms with Gasteiger partial charge < -0.3 is 10.1 Å². The summed E-state index contributed by atoms with van der Waals surface area (Å²) in [7, 11) is 0. The number of halogens is 1. The van der Waals surface area contributed by atoms with Gasteiger partial charge in [-0.3, -0.25) is 4.79 Å². The lowest BCUT2D eigenvalue weighted by atomic mass is 10.2.